The molecule has 5 nitrogen and oxygen atoms in total. The lowest BCUT2D eigenvalue weighted by Gasteiger charge is -2.17. The van der Waals surface area contributed by atoms with E-state index in [-0.39, 0.29) is 11.9 Å². The average Bonchev–Trinajstić information content (AvgIpc) is 3.11. The summed E-state index contributed by atoms with van der Waals surface area (Å²) >= 11 is 0. The average molecular weight is 270 g/mol. The van der Waals surface area contributed by atoms with Gasteiger partial charge in [-0.3, -0.25) is 4.79 Å². The molecule has 0 saturated carbocycles. The van der Waals surface area contributed by atoms with Crippen LogP contribution in [0, 0.1) is 13.8 Å². The highest BCUT2D eigenvalue weighted by Gasteiger charge is 2.28. The van der Waals surface area contributed by atoms with Crippen LogP contribution in [0.25, 0.3) is 0 Å². The maximum atomic E-state index is 12.5. The number of hydrogen-bond acceptors (Lipinski definition) is 3. The van der Waals surface area contributed by atoms with Crippen molar-refractivity contribution in [1.29, 1.82) is 0 Å². The van der Waals surface area contributed by atoms with Gasteiger partial charge in [-0.25, -0.2) is 4.68 Å². The van der Waals surface area contributed by atoms with Crippen LogP contribution >= 0.6 is 0 Å². The molecule has 1 unspecified atom stereocenters. The first-order chi connectivity index (χ1) is 9.65. The van der Waals surface area contributed by atoms with E-state index in [0.29, 0.717) is 6.54 Å². The lowest BCUT2D eigenvalue weighted by Crippen LogP contribution is -2.29. The van der Waals surface area contributed by atoms with Gasteiger partial charge >= 0.3 is 0 Å². The van der Waals surface area contributed by atoms with Crippen LogP contribution in [0.3, 0.4) is 0 Å². The highest BCUT2D eigenvalue weighted by Crippen LogP contribution is 2.22. The molecule has 20 heavy (non-hydrogen) atoms. The second-order valence-electron chi connectivity index (χ2n) is 5.38. The summed E-state index contributed by atoms with van der Waals surface area (Å²) < 4.78 is 1.84. The summed E-state index contributed by atoms with van der Waals surface area (Å²) in [5.74, 6) is 0.107. The number of aromatic nitrogens is 3. The van der Waals surface area contributed by atoms with Gasteiger partial charge in [-0.1, -0.05) is 11.3 Å². The van der Waals surface area contributed by atoms with E-state index in [0.717, 1.165) is 24.1 Å². The van der Waals surface area contributed by atoms with E-state index in [4.69, 9.17) is 0 Å². The summed E-state index contributed by atoms with van der Waals surface area (Å²) in [7, 11) is 0. The molecule has 5 heteroatoms. The highest BCUT2D eigenvalue weighted by atomic mass is 16.2. The summed E-state index contributed by atoms with van der Waals surface area (Å²) in [6.45, 7) is 5.57. The van der Waals surface area contributed by atoms with E-state index in [1.165, 1.54) is 5.56 Å². The summed E-state index contributed by atoms with van der Waals surface area (Å²) in [5.41, 5.74) is 3.14. The van der Waals surface area contributed by atoms with Crippen molar-refractivity contribution >= 4 is 5.91 Å². The Morgan fingerprint density at radius 1 is 1.30 bits per heavy atom. The van der Waals surface area contributed by atoms with Gasteiger partial charge in [0.25, 0.3) is 5.91 Å². The van der Waals surface area contributed by atoms with Gasteiger partial charge in [-0.2, -0.15) is 0 Å². The van der Waals surface area contributed by atoms with Crippen LogP contribution in [0.5, 0.6) is 0 Å². The molecule has 3 rings (SSSR count). The molecular formula is C15H18N4O. The van der Waals surface area contributed by atoms with Crippen LogP contribution in [-0.2, 0) is 0 Å². The molecule has 1 aromatic carbocycles. The van der Waals surface area contributed by atoms with Gasteiger partial charge in [0, 0.05) is 24.8 Å². The minimum absolute atomic E-state index is 0.107. The van der Waals surface area contributed by atoms with Crippen molar-refractivity contribution in [3.8, 4) is 0 Å². The van der Waals surface area contributed by atoms with Crippen LogP contribution in [0.4, 0.5) is 0 Å². The Morgan fingerprint density at radius 3 is 2.85 bits per heavy atom. The molecule has 1 saturated heterocycles. The first-order valence-electron chi connectivity index (χ1n) is 6.87. The third-order valence-corrected chi connectivity index (χ3v) is 4.02. The Morgan fingerprint density at radius 2 is 2.15 bits per heavy atom. The molecule has 104 valence electrons. The van der Waals surface area contributed by atoms with Gasteiger partial charge in [-0.15, -0.1) is 5.10 Å². The number of amides is 1. The smallest absolute Gasteiger partial charge is 0.253 e. The lowest BCUT2D eigenvalue weighted by atomic mass is 10.1. The summed E-state index contributed by atoms with van der Waals surface area (Å²) in [4.78, 5) is 14.4. The Kier molecular flexibility index (Phi) is 3.26. The summed E-state index contributed by atoms with van der Waals surface area (Å²) in [5, 5.41) is 7.84. The zero-order valence-electron chi connectivity index (χ0n) is 11.8. The molecule has 0 aliphatic carbocycles. The molecule has 2 aromatic rings. The molecule has 0 radical (unpaired) electrons. The van der Waals surface area contributed by atoms with Crippen molar-refractivity contribution in [2.75, 3.05) is 13.1 Å². The molecule has 1 aliphatic rings. The Balaban J connectivity index is 1.74. The molecule has 1 aliphatic heterocycles. The molecular weight excluding hydrogens is 252 g/mol. The quantitative estimate of drug-likeness (QED) is 0.838. The van der Waals surface area contributed by atoms with Crippen LogP contribution in [0.2, 0.25) is 0 Å². The standard InChI is InChI=1S/C15H18N4O/c1-11-3-4-13(9-12(11)2)15(20)18-7-5-14(10-18)19-8-6-16-17-19/h3-4,6,8-9,14H,5,7,10H2,1-2H3. The topological polar surface area (TPSA) is 51.0 Å². The SMILES string of the molecule is Cc1ccc(C(=O)N2CCC(n3ccnn3)C2)cc1C. The van der Waals surface area contributed by atoms with Gasteiger partial charge in [0.15, 0.2) is 0 Å². The minimum Gasteiger partial charge on any atom is -0.336 e. The first-order valence-corrected chi connectivity index (χ1v) is 6.87. The summed E-state index contributed by atoms with van der Waals surface area (Å²) in [6, 6.07) is 6.13. The predicted molar refractivity (Wildman–Crippen MR) is 75.5 cm³/mol. The fourth-order valence-corrected chi connectivity index (χ4v) is 2.61. The normalized spacial score (nSPS) is 18.5. The maximum absolute atomic E-state index is 12.5. The Hall–Kier alpha value is -2.17. The van der Waals surface area contributed by atoms with Crippen LogP contribution < -0.4 is 0 Å². The van der Waals surface area contributed by atoms with E-state index in [1.54, 1.807) is 6.20 Å². The van der Waals surface area contributed by atoms with Gasteiger partial charge in [0.05, 0.1) is 12.2 Å². The van der Waals surface area contributed by atoms with E-state index < -0.39 is 0 Å². The van der Waals surface area contributed by atoms with Crippen molar-refractivity contribution in [2.24, 2.45) is 0 Å². The van der Waals surface area contributed by atoms with E-state index >= 15 is 0 Å². The van der Waals surface area contributed by atoms with Crippen LogP contribution in [-0.4, -0.2) is 38.9 Å². The molecule has 1 atom stereocenters. The van der Waals surface area contributed by atoms with Crippen molar-refractivity contribution in [2.45, 2.75) is 26.3 Å². The van der Waals surface area contributed by atoms with Crippen molar-refractivity contribution in [1.82, 2.24) is 19.9 Å². The second kappa shape index (κ2) is 5.07. The molecule has 1 aromatic heterocycles. The van der Waals surface area contributed by atoms with Gasteiger partial charge < -0.3 is 4.90 Å². The van der Waals surface area contributed by atoms with E-state index in [1.807, 2.05) is 40.9 Å². The van der Waals surface area contributed by atoms with Crippen molar-refractivity contribution in [3.05, 3.63) is 47.3 Å². The maximum Gasteiger partial charge on any atom is 0.253 e. The molecule has 0 N–H and O–H groups in total. The zero-order valence-corrected chi connectivity index (χ0v) is 11.8. The van der Waals surface area contributed by atoms with Crippen molar-refractivity contribution in [3.63, 3.8) is 0 Å². The number of likely N-dealkylation sites (tertiary alicyclic amines) is 1. The van der Waals surface area contributed by atoms with E-state index in [9.17, 15) is 4.79 Å². The van der Waals surface area contributed by atoms with Gasteiger partial charge in [-0.05, 0) is 43.5 Å². The number of rotatable bonds is 2. The van der Waals surface area contributed by atoms with Gasteiger partial charge in [0.1, 0.15) is 0 Å². The lowest BCUT2D eigenvalue weighted by molar-refractivity contribution is 0.0787. The third kappa shape index (κ3) is 2.31. The molecule has 1 amide bonds. The van der Waals surface area contributed by atoms with E-state index in [2.05, 4.69) is 17.2 Å². The number of carbonyl (C=O) groups is 1. The Bertz CT molecular complexity index is 621. The minimum atomic E-state index is 0.107. The van der Waals surface area contributed by atoms with Crippen LogP contribution in [0.15, 0.2) is 30.6 Å². The molecule has 2 heterocycles. The van der Waals surface area contributed by atoms with Crippen LogP contribution in [0.1, 0.15) is 33.9 Å². The second-order valence-corrected chi connectivity index (χ2v) is 5.38. The zero-order chi connectivity index (χ0) is 14.1. The van der Waals surface area contributed by atoms with Gasteiger partial charge in [0.2, 0.25) is 0 Å². The number of hydrogen-bond donors (Lipinski definition) is 0. The van der Waals surface area contributed by atoms with Crippen molar-refractivity contribution < 1.29 is 4.79 Å². The number of carbonyl (C=O) groups excluding carboxylic acids is 1. The first kappa shape index (κ1) is 12.8. The summed E-state index contributed by atoms with van der Waals surface area (Å²) in [6.07, 6.45) is 4.46. The largest absolute Gasteiger partial charge is 0.336 e. The monoisotopic (exact) mass is 270 g/mol. The molecule has 0 spiro atoms. The number of benzene rings is 1. The fourth-order valence-electron chi connectivity index (χ4n) is 2.61. The number of aryl methyl sites for hydroxylation is 2. The highest BCUT2D eigenvalue weighted by molar-refractivity contribution is 5.94. The third-order valence-electron chi connectivity index (χ3n) is 4.02. The molecule has 0 bridgehead atoms. The fraction of sp³-hybridized carbons (Fsp3) is 0.400. The molecule has 1 fully saturated rings. The number of nitrogens with zero attached hydrogens (tertiary/aromatic N) is 4. The Labute approximate surface area is 118 Å². The predicted octanol–water partition coefficient (Wildman–Crippen LogP) is 1.98.